The first-order valence-corrected chi connectivity index (χ1v) is 13.5. The van der Waals surface area contributed by atoms with E-state index in [-0.39, 0.29) is 23.9 Å². The first kappa shape index (κ1) is 25.5. The summed E-state index contributed by atoms with van der Waals surface area (Å²) < 4.78 is 58.7. The zero-order valence-corrected chi connectivity index (χ0v) is 21.9. The standard InChI is InChI=1S/C26H30FN3O6S/c1-28(2)16-22(21-10-19(27)4-6-23(21)34-3)26(31)29-12-17-14-30(15-18(17)13-29)37(32,33)20-5-7-24-25(11-20)36-9-8-35-24/h4-7,10-11,22H,8-9,12-16H2,1-3H3/t22-/m1/s1. The lowest BCUT2D eigenvalue weighted by molar-refractivity contribution is -0.132. The van der Waals surface area contributed by atoms with Gasteiger partial charge in [-0.2, -0.15) is 4.31 Å². The Bertz CT molecular complexity index is 1340. The average molecular weight is 532 g/mol. The average Bonchev–Trinajstić information content (AvgIpc) is 3.47. The van der Waals surface area contributed by atoms with Gasteiger partial charge in [-0.05, 0) is 55.6 Å². The molecule has 198 valence electrons. The highest BCUT2D eigenvalue weighted by Gasteiger charge is 2.40. The number of methoxy groups -OCH3 is 1. The highest BCUT2D eigenvalue weighted by Crippen LogP contribution is 2.37. The summed E-state index contributed by atoms with van der Waals surface area (Å²) in [5, 5.41) is 0. The van der Waals surface area contributed by atoms with Crippen molar-refractivity contribution in [3.8, 4) is 17.2 Å². The van der Waals surface area contributed by atoms with E-state index in [1.54, 1.807) is 11.0 Å². The van der Waals surface area contributed by atoms with Crippen molar-refractivity contribution < 1.29 is 31.8 Å². The molecule has 0 N–H and O–H groups in total. The monoisotopic (exact) mass is 531 g/mol. The molecule has 2 aromatic carbocycles. The van der Waals surface area contributed by atoms with Crippen LogP contribution in [0.1, 0.15) is 11.5 Å². The van der Waals surface area contributed by atoms with Gasteiger partial charge in [-0.1, -0.05) is 0 Å². The van der Waals surface area contributed by atoms with Crippen molar-refractivity contribution in [3.63, 3.8) is 0 Å². The number of nitrogens with zero attached hydrogens (tertiary/aromatic N) is 3. The lowest BCUT2D eigenvalue weighted by atomic mass is 9.95. The molecule has 0 radical (unpaired) electrons. The summed E-state index contributed by atoms with van der Waals surface area (Å²) in [4.78, 5) is 17.4. The molecule has 2 aromatic rings. The molecule has 37 heavy (non-hydrogen) atoms. The molecule has 3 aliphatic rings. The molecule has 9 nitrogen and oxygen atoms in total. The van der Waals surface area contributed by atoms with E-state index in [0.29, 0.717) is 55.7 Å². The van der Waals surface area contributed by atoms with Gasteiger partial charge < -0.3 is 24.0 Å². The maximum Gasteiger partial charge on any atom is 0.243 e. The van der Waals surface area contributed by atoms with Gasteiger partial charge in [-0.25, -0.2) is 12.8 Å². The summed E-state index contributed by atoms with van der Waals surface area (Å²) in [7, 11) is 1.46. The fourth-order valence-electron chi connectivity index (χ4n) is 5.08. The molecule has 5 rings (SSSR count). The lowest BCUT2D eigenvalue weighted by Gasteiger charge is -2.29. The Kier molecular flexibility index (Phi) is 6.86. The molecule has 3 aliphatic heterocycles. The minimum absolute atomic E-state index is 0.145. The number of likely N-dealkylation sites (N-methyl/N-ethyl adjacent to an activating group) is 1. The van der Waals surface area contributed by atoms with Crippen LogP contribution in [0.25, 0.3) is 0 Å². The summed E-state index contributed by atoms with van der Waals surface area (Å²) in [6.45, 7) is 2.29. The van der Waals surface area contributed by atoms with E-state index < -0.39 is 21.8 Å². The van der Waals surface area contributed by atoms with Crippen LogP contribution in [0.3, 0.4) is 0 Å². The number of sulfonamides is 1. The largest absolute Gasteiger partial charge is 0.496 e. The van der Waals surface area contributed by atoms with Crippen LogP contribution in [0.5, 0.6) is 17.2 Å². The smallest absolute Gasteiger partial charge is 0.243 e. The highest BCUT2D eigenvalue weighted by molar-refractivity contribution is 7.89. The molecule has 0 aromatic heterocycles. The Morgan fingerprint density at radius 1 is 1.03 bits per heavy atom. The fourth-order valence-corrected chi connectivity index (χ4v) is 6.52. The van der Waals surface area contributed by atoms with Crippen LogP contribution in [0.15, 0.2) is 52.4 Å². The van der Waals surface area contributed by atoms with Gasteiger partial charge in [-0.3, -0.25) is 4.79 Å². The maximum atomic E-state index is 14.1. The topological polar surface area (TPSA) is 88.6 Å². The van der Waals surface area contributed by atoms with E-state index in [2.05, 4.69) is 0 Å². The van der Waals surface area contributed by atoms with Crippen LogP contribution in [0.4, 0.5) is 4.39 Å². The van der Waals surface area contributed by atoms with Gasteiger partial charge in [0.15, 0.2) is 11.5 Å². The summed E-state index contributed by atoms with van der Waals surface area (Å²) >= 11 is 0. The number of benzene rings is 2. The third-order valence-corrected chi connectivity index (χ3v) is 8.66. The molecule has 3 heterocycles. The Morgan fingerprint density at radius 2 is 1.70 bits per heavy atom. The second-order valence-corrected chi connectivity index (χ2v) is 11.6. The quantitative estimate of drug-likeness (QED) is 0.506. The third-order valence-electron chi connectivity index (χ3n) is 6.87. The molecule has 0 unspecified atom stereocenters. The Hall–Kier alpha value is -3.15. The minimum Gasteiger partial charge on any atom is -0.496 e. The summed E-state index contributed by atoms with van der Waals surface area (Å²) in [5.41, 5.74) is 2.34. The van der Waals surface area contributed by atoms with Gasteiger partial charge in [0.25, 0.3) is 0 Å². The summed E-state index contributed by atoms with van der Waals surface area (Å²) in [5.74, 6) is 0.200. The van der Waals surface area contributed by atoms with Crippen molar-refractivity contribution in [1.82, 2.24) is 14.1 Å². The molecule has 0 aliphatic carbocycles. The van der Waals surface area contributed by atoms with E-state index in [4.69, 9.17) is 14.2 Å². The predicted octanol–water partition coefficient (Wildman–Crippen LogP) is 2.09. The van der Waals surface area contributed by atoms with Crippen LogP contribution >= 0.6 is 0 Å². The van der Waals surface area contributed by atoms with E-state index >= 15 is 0 Å². The number of hydrogen-bond acceptors (Lipinski definition) is 7. The first-order chi connectivity index (χ1) is 17.7. The molecule has 0 saturated heterocycles. The van der Waals surface area contributed by atoms with Crippen LogP contribution in [0, 0.1) is 5.82 Å². The van der Waals surface area contributed by atoms with Crippen LogP contribution in [0.2, 0.25) is 0 Å². The van der Waals surface area contributed by atoms with Gasteiger partial charge in [0.05, 0.1) is 17.9 Å². The van der Waals surface area contributed by atoms with Crippen molar-refractivity contribution >= 4 is 15.9 Å². The molecular formula is C26H30FN3O6S. The number of ether oxygens (including phenoxy) is 3. The molecule has 0 bridgehead atoms. The van der Waals surface area contributed by atoms with Gasteiger partial charge in [0.1, 0.15) is 24.8 Å². The fraction of sp³-hybridized carbons (Fsp3) is 0.423. The van der Waals surface area contributed by atoms with Crippen molar-refractivity contribution in [2.24, 2.45) is 0 Å². The lowest BCUT2D eigenvalue weighted by Crippen LogP contribution is -2.40. The number of halogens is 1. The molecule has 0 fully saturated rings. The zero-order chi connectivity index (χ0) is 26.3. The molecule has 1 atom stereocenters. The van der Waals surface area contributed by atoms with Crippen molar-refractivity contribution in [2.45, 2.75) is 10.8 Å². The molecule has 11 heteroatoms. The minimum atomic E-state index is -3.75. The molecule has 0 saturated carbocycles. The van der Waals surface area contributed by atoms with Gasteiger partial charge in [-0.15, -0.1) is 0 Å². The van der Waals surface area contributed by atoms with Crippen LogP contribution in [-0.4, -0.2) is 95.6 Å². The number of fused-ring (bicyclic) bond motifs is 1. The van der Waals surface area contributed by atoms with E-state index in [1.165, 1.54) is 41.7 Å². The third kappa shape index (κ3) is 4.90. The Labute approximate surface area is 216 Å². The van der Waals surface area contributed by atoms with E-state index in [0.717, 1.165) is 11.1 Å². The second-order valence-electron chi connectivity index (χ2n) is 9.68. The van der Waals surface area contributed by atoms with Crippen LogP contribution in [-0.2, 0) is 14.8 Å². The Morgan fingerprint density at radius 3 is 2.35 bits per heavy atom. The van der Waals surface area contributed by atoms with Gasteiger partial charge in [0, 0.05) is 44.4 Å². The van der Waals surface area contributed by atoms with Gasteiger partial charge >= 0.3 is 0 Å². The Balaban J connectivity index is 1.30. The normalized spacial score (nSPS) is 18.4. The van der Waals surface area contributed by atoms with Crippen molar-refractivity contribution in [2.75, 3.05) is 67.1 Å². The number of amides is 1. The number of rotatable bonds is 7. The van der Waals surface area contributed by atoms with Gasteiger partial charge in [0.2, 0.25) is 15.9 Å². The number of carbonyl (C=O) groups is 1. The number of hydrogen-bond donors (Lipinski definition) is 0. The van der Waals surface area contributed by atoms with E-state index in [1.807, 2.05) is 19.0 Å². The molecule has 1 amide bonds. The first-order valence-electron chi connectivity index (χ1n) is 12.0. The highest BCUT2D eigenvalue weighted by atomic mass is 32.2. The SMILES string of the molecule is COc1ccc(F)cc1[C@@H](CN(C)C)C(=O)N1CC2=C(C1)CN(S(=O)(=O)c1ccc3c(c1)OCCO3)C2. The predicted molar refractivity (Wildman–Crippen MR) is 134 cm³/mol. The number of carbonyl (C=O) groups excluding carboxylic acids is 1. The van der Waals surface area contributed by atoms with Crippen molar-refractivity contribution in [1.29, 1.82) is 0 Å². The molecule has 0 spiro atoms. The summed E-state index contributed by atoms with van der Waals surface area (Å²) in [6, 6.07) is 8.83. The zero-order valence-electron chi connectivity index (χ0n) is 21.1. The van der Waals surface area contributed by atoms with Crippen molar-refractivity contribution in [3.05, 3.63) is 58.9 Å². The second kappa shape index (κ2) is 9.96. The van der Waals surface area contributed by atoms with E-state index in [9.17, 15) is 17.6 Å². The maximum absolute atomic E-state index is 14.1. The summed E-state index contributed by atoms with van der Waals surface area (Å²) in [6.07, 6.45) is 0. The molecular weight excluding hydrogens is 501 g/mol. The van der Waals surface area contributed by atoms with Crippen LogP contribution < -0.4 is 14.2 Å².